The lowest BCUT2D eigenvalue weighted by Gasteiger charge is -2.08. The van der Waals surface area contributed by atoms with E-state index in [2.05, 4.69) is 0 Å². The topological polar surface area (TPSA) is 20.2 Å². The lowest BCUT2D eigenvalue weighted by Crippen LogP contribution is -1.93. The number of aromatic hydroxyl groups is 1. The molecule has 0 fully saturated rings. The van der Waals surface area contributed by atoms with Crippen molar-refractivity contribution in [2.24, 2.45) is 0 Å². The first-order chi connectivity index (χ1) is 8.00. The minimum absolute atomic E-state index is 0.141. The summed E-state index contributed by atoms with van der Waals surface area (Å²) in [5.74, 6) is -1.51. The molecule has 0 aliphatic carbocycles. The van der Waals surface area contributed by atoms with Crippen molar-refractivity contribution in [3.63, 3.8) is 0 Å². The van der Waals surface area contributed by atoms with Crippen LogP contribution in [-0.4, -0.2) is 5.11 Å². The zero-order chi connectivity index (χ0) is 12.6. The van der Waals surface area contributed by atoms with E-state index < -0.39 is 11.6 Å². The van der Waals surface area contributed by atoms with Crippen LogP contribution in [-0.2, 0) is 0 Å². The summed E-state index contributed by atoms with van der Waals surface area (Å²) in [6.07, 6.45) is 0. The highest BCUT2D eigenvalue weighted by atomic mass is 35.5. The van der Waals surface area contributed by atoms with E-state index in [1.54, 1.807) is 6.92 Å². The second-order valence-electron chi connectivity index (χ2n) is 3.72. The van der Waals surface area contributed by atoms with E-state index in [9.17, 15) is 13.9 Å². The molecule has 1 N–H and O–H groups in total. The van der Waals surface area contributed by atoms with Gasteiger partial charge in [0, 0.05) is 0 Å². The highest BCUT2D eigenvalue weighted by molar-refractivity contribution is 6.32. The predicted octanol–water partition coefficient (Wildman–Crippen LogP) is 4.30. The third-order valence-electron chi connectivity index (χ3n) is 2.52. The largest absolute Gasteiger partial charge is 0.506 e. The second-order valence-corrected chi connectivity index (χ2v) is 4.13. The zero-order valence-electron chi connectivity index (χ0n) is 8.97. The molecular formula is C13H9ClF2O. The maximum absolute atomic E-state index is 13.8. The third-order valence-corrected chi connectivity index (χ3v) is 2.84. The predicted molar refractivity (Wildman–Crippen MR) is 63.2 cm³/mol. The van der Waals surface area contributed by atoms with Gasteiger partial charge in [-0.3, -0.25) is 0 Å². The molecule has 17 heavy (non-hydrogen) atoms. The lowest BCUT2D eigenvalue weighted by atomic mass is 10.0. The Labute approximate surface area is 102 Å². The molecule has 0 amide bonds. The van der Waals surface area contributed by atoms with Gasteiger partial charge in [0.25, 0.3) is 0 Å². The smallest absolute Gasteiger partial charge is 0.136 e. The van der Waals surface area contributed by atoms with Crippen molar-refractivity contribution in [2.45, 2.75) is 6.92 Å². The fourth-order valence-corrected chi connectivity index (χ4v) is 1.71. The molecule has 2 aromatic rings. The molecule has 0 spiro atoms. The van der Waals surface area contributed by atoms with Crippen LogP contribution in [0.5, 0.6) is 5.75 Å². The first kappa shape index (κ1) is 11.9. The number of halogens is 3. The molecule has 4 heteroatoms. The van der Waals surface area contributed by atoms with E-state index in [0.29, 0.717) is 5.56 Å². The Morgan fingerprint density at radius 2 is 1.82 bits per heavy atom. The van der Waals surface area contributed by atoms with Crippen LogP contribution in [0.3, 0.4) is 0 Å². The van der Waals surface area contributed by atoms with Crippen molar-refractivity contribution in [3.8, 4) is 16.9 Å². The van der Waals surface area contributed by atoms with Crippen LogP contribution in [0.2, 0.25) is 5.02 Å². The van der Waals surface area contributed by atoms with Crippen LogP contribution in [0.4, 0.5) is 8.78 Å². The molecule has 88 valence electrons. The van der Waals surface area contributed by atoms with Gasteiger partial charge in [-0.1, -0.05) is 23.7 Å². The normalized spacial score (nSPS) is 10.6. The zero-order valence-corrected chi connectivity index (χ0v) is 9.72. The average Bonchev–Trinajstić information content (AvgIpc) is 2.29. The fraction of sp³-hybridized carbons (Fsp3) is 0.0769. The van der Waals surface area contributed by atoms with Gasteiger partial charge in [-0.2, -0.15) is 0 Å². The van der Waals surface area contributed by atoms with Crippen LogP contribution < -0.4 is 0 Å². The molecule has 0 unspecified atom stereocenters. The molecule has 0 saturated heterocycles. The van der Waals surface area contributed by atoms with Gasteiger partial charge in [0.2, 0.25) is 0 Å². The van der Waals surface area contributed by atoms with Gasteiger partial charge >= 0.3 is 0 Å². The number of phenolic OH excluding ortho intramolecular Hbond substituents is 1. The van der Waals surface area contributed by atoms with Gasteiger partial charge in [0.15, 0.2) is 0 Å². The molecule has 2 aromatic carbocycles. The summed E-state index contributed by atoms with van der Waals surface area (Å²) in [5.41, 5.74) is 0.443. The second kappa shape index (κ2) is 4.34. The Hall–Kier alpha value is -1.61. The van der Waals surface area contributed by atoms with Gasteiger partial charge in [-0.15, -0.1) is 0 Å². The number of benzene rings is 2. The average molecular weight is 255 g/mol. The molecule has 0 saturated carbocycles. The Morgan fingerprint density at radius 3 is 2.47 bits per heavy atom. The summed E-state index contributed by atoms with van der Waals surface area (Å²) in [4.78, 5) is 0. The fourth-order valence-electron chi connectivity index (χ4n) is 1.59. The molecule has 0 atom stereocenters. The lowest BCUT2D eigenvalue weighted by molar-refractivity contribution is 0.475. The van der Waals surface area contributed by atoms with Gasteiger partial charge in [-0.25, -0.2) is 8.78 Å². The maximum atomic E-state index is 13.8. The minimum atomic E-state index is -0.671. The molecule has 0 aromatic heterocycles. The Morgan fingerprint density at radius 1 is 1.12 bits per heavy atom. The molecular weight excluding hydrogens is 246 g/mol. The Bertz CT molecular complexity index is 582. The van der Waals surface area contributed by atoms with E-state index in [4.69, 9.17) is 11.6 Å². The third kappa shape index (κ3) is 2.11. The van der Waals surface area contributed by atoms with Crippen molar-refractivity contribution >= 4 is 11.6 Å². The van der Waals surface area contributed by atoms with Crippen LogP contribution in [0, 0.1) is 18.6 Å². The summed E-state index contributed by atoms with van der Waals surface area (Å²) >= 11 is 5.64. The minimum Gasteiger partial charge on any atom is -0.506 e. The number of hydrogen-bond donors (Lipinski definition) is 1. The monoisotopic (exact) mass is 254 g/mol. The van der Waals surface area contributed by atoms with Crippen LogP contribution >= 0.6 is 11.6 Å². The van der Waals surface area contributed by atoms with Crippen molar-refractivity contribution in [3.05, 3.63) is 52.6 Å². The van der Waals surface area contributed by atoms with E-state index >= 15 is 0 Å². The molecule has 0 heterocycles. The van der Waals surface area contributed by atoms with E-state index in [1.807, 2.05) is 0 Å². The van der Waals surface area contributed by atoms with Crippen LogP contribution in [0.1, 0.15) is 5.56 Å². The molecule has 0 aliphatic heterocycles. The highest BCUT2D eigenvalue weighted by Crippen LogP contribution is 2.33. The SMILES string of the molecule is Cc1ccc(F)c(-c2ccc(Cl)c(O)c2)c1F. The molecule has 1 nitrogen and oxygen atoms in total. The first-order valence-electron chi connectivity index (χ1n) is 4.94. The summed E-state index contributed by atoms with van der Waals surface area (Å²) in [6, 6.07) is 6.66. The standard InChI is InChI=1S/C13H9ClF2O/c1-7-2-5-10(15)12(13(7)16)8-3-4-9(14)11(17)6-8/h2-6,17H,1H3. The molecule has 2 rings (SSSR count). The van der Waals surface area contributed by atoms with Gasteiger partial charge in [0.1, 0.15) is 17.4 Å². The van der Waals surface area contributed by atoms with E-state index in [-0.39, 0.29) is 21.9 Å². The summed E-state index contributed by atoms with van der Waals surface area (Å²) in [5, 5.41) is 9.58. The van der Waals surface area contributed by atoms with Crippen molar-refractivity contribution < 1.29 is 13.9 Å². The summed E-state index contributed by atoms with van der Waals surface area (Å²) in [6.45, 7) is 1.55. The van der Waals surface area contributed by atoms with Crippen LogP contribution in [0.25, 0.3) is 11.1 Å². The van der Waals surface area contributed by atoms with Crippen molar-refractivity contribution in [2.75, 3.05) is 0 Å². The Balaban J connectivity index is 2.68. The first-order valence-corrected chi connectivity index (χ1v) is 5.32. The molecule has 0 bridgehead atoms. The van der Waals surface area contributed by atoms with Crippen molar-refractivity contribution in [1.29, 1.82) is 0 Å². The molecule has 0 radical (unpaired) electrons. The number of aryl methyl sites for hydroxylation is 1. The van der Waals surface area contributed by atoms with Gasteiger partial charge < -0.3 is 5.11 Å². The Kier molecular flexibility index (Phi) is 3.03. The maximum Gasteiger partial charge on any atom is 0.136 e. The van der Waals surface area contributed by atoms with Crippen LogP contribution in [0.15, 0.2) is 30.3 Å². The number of hydrogen-bond acceptors (Lipinski definition) is 1. The summed E-state index contributed by atoms with van der Waals surface area (Å²) < 4.78 is 27.4. The van der Waals surface area contributed by atoms with E-state index in [0.717, 1.165) is 0 Å². The summed E-state index contributed by atoms with van der Waals surface area (Å²) in [7, 11) is 0. The van der Waals surface area contributed by atoms with Gasteiger partial charge in [-0.05, 0) is 36.2 Å². The number of phenols is 1. The van der Waals surface area contributed by atoms with Crippen molar-refractivity contribution in [1.82, 2.24) is 0 Å². The number of rotatable bonds is 1. The molecule has 0 aliphatic rings. The highest BCUT2D eigenvalue weighted by Gasteiger charge is 2.14. The van der Waals surface area contributed by atoms with E-state index in [1.165, 1.54) is 30.3 Å². The quantitative estimate of drug-likeness (QED) is 0.804. The van der Waals surface area contributed by atoms with Gasteiger partial charge in [0.05, 0.1) is 10.6 Å².